The van der Waals surface area contributed by atoms with Crippen LogP contribution in [0.5, 0.6) is 0 Å². The largest absolute Gasteiger partial charge is 0.371 e. The van der Waals surface area contributed by atoms with Gasteiger partial charge in [-0.25, -0.2) is 8.78 Å². The molecule has 2 N–H and O–H groups in total. The highest BCUT2D eigenvalue weighted by molar-refractivity contribution is 6.00. The number of alkyl halides is 2. The molecule has 2 aliphatic rings. The van der Waals surface area contributed by atoms with Crippen molar-refractivity contribution in [2.75, 3.05) is 31.1 Å². The summed E-state index contributed by atoms with van der Waals surface area (Å²) < 4.78 is 27.3. The highest BCUT2D eigenvalue weighted by atomic mass is 19.3. The Labute approximate surface area is 219 Å². The van der Waals surface area contributed by atoms with Gasteiger partial charge in [0.2, 0.25) is 0 Å². The number of likely N-dealkylation sites (tertiary alicyclic amines) is 1. The summed E-state index contributed by atoms with van der Waals surface area (Å²) in [7, 11) is 0. The van der Waals surface area contributed by atoms with Gasteiger partial charge in [0.15, 0.2) is 0 Å². The second-order valence-corrected chi connectivity index (χ2v) is 10.7. The van der Waals surface area contributed by atoms with Crippen LogP contribution in [0.3, 0.4) is 0 Å². The minimum absolute atomic E-state index is 0.0761. The normalized spacial score (nSPS) is 18.1. The van der Waals surface area contributed by atoms with Crippen molar-refractivity contribution in [1.82, 2.24) is 25.1 Å². The summed E-state index contributed by atoms with van der Waals surface area (Å²) in [6.07, 6.45) is 7.30. The molecule has 8 heteroatoms. The Bertz CT molecular complexity index is 1610. The van der Waals surface area contributed by atoms with Crippen LogP contribution >= 0.6 is 0 Å². The second kappa shape index (κ2) is 9.20. The minimum Gasteiger partial charge on any atom is -0.371 e. The van der Waals surface area contributed by atoms with Crippen molar-refractivity contribution in [2.45, 2.75) is 38.2 Å². The Morgan fingerprint density at radius 3 is 2.61 bits per heavy atom. The van der Waals surface area contributed by atoms with Gasteiger partial charge in [-0.2, -0.15) is 5.10 Å². The third kappa shape index (κ3) is 4.32. The summed E-state index contributed by atoms with van der Waals surface area (Å²) in [5.41, 5.74) is 8.14. The van der Waals surface area contributed by atoms with Crippen molar-refractivity contribution >= 4 is 27.5 Å². The lowest BCUT2D eigenvalue weighted by Crippen LogP contribution is -2.29. The topological polar surface area (TPSA) is 63.8 Å². The first-order valence-electron chi connectivity index (χ1n) is 13.4. The molecule has 0 atom stereocenters. The fraction of sp³-hybridized carbons (Fsp3) is 0.333. The molecule has 5 heterocycles. The number of H-pyrrole nitrogens is 2. The molecule has 0 aliphatic carbocycles. The molecule has 0 amide bonds. The molecule has 194 valence electrons. The fourth-order valence-electron chi connectivity index (χ4n) is 6.01. The molecule has 0 unspecified atom stereocenters. The summed E-state index contributed by atoms with van der Waals surface area (Å²) >= 11 is 0. The number of halogens is 2. The van der Waals surface area contributed by atoms with E-state index in [2.05, 4.69) is 67.5 Å². The zero-order valence-corrected chi connectivity index (χ0v) is 21.2. The van der Waals surface area contributed by atoms with Crippen LogP contribution in [0.2, 0.25) is 0 Å². The molecule has 2 fully saturated rings. The van der Waals surface area contributed by atoms with E-state index in [1.165, 1.54) is 30.3 Å². The van der Waals surface area contributed by atoms with E-state index in [0.29, 0.717) is 13.1 Å². The molecule has 0 spiro atoms. The molecule has 3 aromatic heterocycles. The van der Waals surface area contributed by atoms with Gasteiger partial charge in [0.05, 0.1) is 17.8 Å². The predicted octanol–water partition coefficient (Wildman–Crippen LogP) is 6.60. The van der Waals surface area contributed by atoms with Gasteiger partial charge in [0.1, 0.15) is 5.69 Å². The predicted molar refractivity (Wildman–Crippen MR) is 148 cm³/mol. The Hall–Kier alpha value is -3.78. The van der Waals surface area contributed by atoms with Crippen LogP contribution in [-0.2, 0) is 6.54 Å². The molecule has 5 aromatic rings. The van der Waals surface area contributed by atoms with Gasteiger partial charge in [0, 0.05) is 72.5 Å². The number of fused-ring (bicyclic) bond motifs is 2. The summed E-state index contributed by atoms with van der Waals surface area (Å²) in [5.74, 6) is -2.59. The lowest BCUT2D eigenvalue weighted by atomic mass is 10.0. The third-order valence-corrected chi connectivity index (χ3v) is 7.94. The maximum Gasteiger partial charge on any atom is 0.261 e. The quantitative estimate of drug-likeness (QED) is 0.278. The van der Waals surface area contributed by atoms with Crippen molar-refractivity contribution in [2.24, 2.45) is 0 Å². The van der Waals surface area contributed by atoms with E-state index in [9.17, 15) is 8.78 Å². The summed E-state index contributed by atoms with van der Waals surface area (Å²) in [5, 5.41) is 10.1. The van der Waals surface area contributed by atoms with Crippen LogP contribution in [0, 0.1) is 0 Å². The number of aromatic nitrogens is 4. The highest BCUT2D eigenvalue weighted by Gasteiger charge is 2.37. The minimum atomic E-state index is -2.59. The van der Waals surface area contributed by atoms with E-state index < -0.39 is 5.92 Å². The first kappa shape index (κ1) is 23.3. The monoisotopic (exact) mass is 512 g/mol. The number of nitrogens with zero attached hydrogens (tertiary/aromatic N) is 4. The van der Waals surface area contributed by atoms with Crippen LogP contribution in [-0.4, -0.2) is 57.2 Å². The number of hydrogen-bond acceptors (Lipinski definition) is 4. The molecule has 7 rings (SSSR count). The zero-order valence-electron chi connectivity index (χ0n) is 21.2. The second-order valence-electron chi connectivity index (χ2n) is 10.7. The van der Waals surface area contributed by atoms with E-state index in [4.69, 9.17) is 0 Å². The number of benzene rings is 2. The molecule has 2 aromatic carbocycles. The third-order valence-electron chi connectivity index (χ3n) is 7.94. The van der Waals surface area contributed by atoms with Crippen molar-refractivity contribution in [3.63, 3.8) is 0 Å². The number of nitrogens with one attached hydrogen (secondary N) is 2. The number of hydrogen-bond donors (Lipinski definition) is 2. The maximum absolute atomic E-state index is 13.7. The molecular weight excluding hydrogens is 482 g/mol. The van der Waals surface area contributed by atoms with Crippen LogP contribution in [0.25, 0.3) is 44.3 Å². The molecule has 0 saturated carbocycles. The number of piperidine rings is 1. The lowest BCUT2D eigenvalue weighted by molar-refractivity contribution is 0.0115. The molecular formula is C30H30F2N6. The maximum atomic E-state index is 13.7. The van der Waals surface area contributed by atoms with Gasteiger partial charge in [-0.3, -0.25) is 15.0 Å². The van der Waals surface area contributed by atoms with Gasteiger partial charge < -0.3 is 9.88 Å². The van der Waals surface area contributed by atoms with E-state index in [1.807, 2.05) is 12.3 Å². The Morgan fingerprint density at radius 2 is 1.76 bits per heavy atom. The first-order valence-corrected chi connectivity index (χ1v) is 13.4. The van der Waals surface area contributed by atoms with E-state index in [-0.39, 0.29) is 13.0 Å². The van der Waals surface area contributed by atoms with E-state index in [1.54, 1.807) is 11.1 Å². The van der Waals surface area contributed by atoms with Crippen LogP contribution in [0.15, 0.2) is 60.9 Å². The van der Waals surface area contributed by atoms with Gasteiger partial charge >= 0.3 is 0 Å². The van der Waals surface area contributed by atoms with Crippen LogP contribution in [0.4, 0.5) is 14.5 Å². The van der Waals surface area contributed by atoms with Crippen molar-refractivity contribution in [3.05, 3.63) is 66.5 Å². The molecule has 2 saturated heterocycles. The first-order chi connectivity index (χ1) is 18.5. The van der Waals surface area contributed by atoms with Gasteiger partial charge in [-0.15, -0.1) is 0 Å². The summed E-state index contributed by atoms with van der Waals surface area (Å²) in [6, 6.07) is 17.0. The molecule has 2 aliphatic heterocycles. The van der Waals surface area contributed by atoms with Crippen molar-refractivity contribution < 1.29 is 8.78 Å². The molecule has 6 nitrogen and oxygen atoms in total. The summed E-state index contributed by atoms with van der Waals surface area (Å²) in [6.45, 7) is 2.89. The van der Waals surface area contributed by atoms with Crippen molar-refractivity contribution in [3.8, 4) is 22.5 Å². The smallest absolute Gasteiger partial charge is 0.261 e. The van der Waals surface area contributed by atoms with Crippen LogP contribution < -0.4 is 4.90 Å². The standard InChI is InChI=1S/C30H30F2N6/c31-30(32)9-12-37(19-30)18-20-13-22(17-33-16-20)21-7-8-26-24(14-21)29(36-35-26)27-15-23-25(34-27)5-4-6-28(23)38-10-2-1-3-11-38/h4-8,13-17,34H,1-3,9-12,18-19H2,(H,35,36). The van der Waals surface area contributed by atoms with E-state index in [0.717, 1.165) is 57.6 Å². The Morgan fingerprint density at radius 1 is 0.868 bits per heavy atom. The molecule has 0 radical (unpaired) electrons. The number of aromatic amines is 2. The van der Waals surface area contributed by atoms with Crippen LogP contribution in [0.1, 0.15) is 31.2 Å². The Kier molecular flexibility index (Phi) is 5.65. The Balaban J connectivity index is 1.22. The van der Waals surface area contributed by atoms with Gasteiger partial charge in [-0.1, -0.05) is 12.1 Å². The SMILES string of the molecule is FC1(F)CCN(Cc2cncc(-c3ccc4[nH]nc(-c5cc6c(N7CCCCC7)cccc6[nH]5)c4c3)c2)C1. The van der Waals surface area contributed by atoms with Gasteiger partial charge in [-0.05, 0) is 66.8 Å². The summed E-state index contributed by atoms with van der Waals surface area (Å²) in [4.78, 5) is 12.3. The van der Waals surface area contributed by atoms with E-state index >= 15 is 0 Å². The number of anilines is 1. The average molecular weight is 513 g/mol. The number of rotatable bonds is 5. The average Bonchev–Trinajstić information content (AvgIpc) is 3.64. The highest BCUT2D eigenvalue weighted by Crippen LogP contribution is 2.36. The lowest BCUT2D eigenvalue weighted by Gasteiger charge is -2.29. The zero-order chi connectivity index (χ0) is 25.7. The number of pyridine rings is 1. The molecule has 0 bridgehead atoms. The fourth-order valence-corrected chi connectivity index (χ4v) is 6.01. The van der Waals surface area contributed by atoms with Crippen molar-refractivity contribution in [1.29, 1.82) is 0 Å². The van der Waals surface area contributed by atoms with Gasteiger partial charge in [0.25, 0.3) is 5.92 Å². The molecule has 38 heavy (non-hydrogen) atoms.